The van der Waals surface area contributed by atoms with E-state index in [-0.39, 0.29) is 11.9 Å². The third-order valence-corrected chi connectivity index (χ3v) is 4.75. The standard InChI is InChI=1S/C9H19N5O3S/c10-9(11-15)7-13-3-5-14(6-4-13)18(16,17)12-8-1-2-8/h8,12,15H,1-7H2,(H2,10,11). The van der Waals surface area contributed by atoms with Crippen LogP contribution in [0, 0.1) is 0 Å². The number of hydrogen-bond donors (Lipinski definition) is 3. The Kier molecular flexibility index (Phi) is 4.05. The van der Waals surface area contributed by atoms with Crippen molar-refractivity contribution in [1.29, 1.82) is 0 Å². The van der Waals surface area contributed by atoms with Crippen molar-refractivity contribution < 1.29 is 13.6 Å². The van der Waals surface area contributed by atoms with Crippen molar-refractivity contribution >= 4 is 16.0 Å². The number of rotatable bonds is 5. The molecule has 4 N–H and O–H groups in total. The van der Waals surface area contributed by atoms with Crippen molar-refractivity contribution in [1.82, 2.24) is 13.9 Å². The molecule has 2 fully saturated rings. The molecule has 1 saturated heterocycles. The molecule has 0 aromatic rings. The number of oxime groups is 1. The number of nitrogens with one attached hydrogen (secondary N) is 1. The number of piperazine rings is 1. The van der Waals surface area contributed by atoms with E-state index in [4.69, 9.17) is 10.9 Å². The van der Waals surface area contributed by atoms with Crippen LogP contribution in [-0.4, -0.2) is 67.4 Å². The molecule has 1 heterocycles. The Balaban J connectivity index is 1.82. The lowest BCUT2D eigenvalue weighted by Crippen LogP contribution is -2.53. The molecule has 0 spiro atoms. The SMILES string of the molecule is NC(CN1CCN(S(=O)(=O)NC2CC2)CC1)=NO. The molecule has 0 unspecified atom stereocenters. The van der Waals surface area contributed by atoms with E-state index in [1.807, 2.05) is 4.90 Å². The highest BCUT2D eigenvalue weighted by Gasteiger charge is 2.32. The molecule has 104 valence electrons. The summed E-state index contributed by atoms with van der Waals surface area (Å²) in [4.78, 5) is 1.96. The fraction of sp³-hybridized carbons (Fsp3) is 0.889. The number of nitrogens with two attached hydrogens (primary N) is 1. The van der Waals surface area contributed by atoms with Gasteiger partial charge in [-0.2, -0.15) is 17.4 Å². The molecule has 0 aromatic carbocycles. The van der Waals surface area contributed by atoms with Gasteiger partial charge in [-0.1, -0.05) is 5.16 Å². The van der Waals surface area contributed by atoms with E-state index in [0.29, 0.717) is 32.7 Å². The van der Waals surface area contributed by atoms with Crippen molar-refractivity contribution in [2.75, 3.05) is 32.7 Å². The van der Waals surface area contributed by atoms with Crippen LogP contribution < -0.4 is 10.5 Å². The Morgan fingerprint density at radius 3 is 2.44 bits per heavy atom. The fourth-order valence-corrected chi connectivity index (χ4v) is 3.33. The summed E-state index contributed by atoms with van der Waals surface area (Å²) >= 11 is 0. The molecule has 1 aliphatic heterocycles. The van der Waals surface area contributed by atoms with Crippen molar-refractivity contribution in [2.24, 2.45) is 10.9 Å². The first-order chi connectivity index (χ1) is 8.51. The van der Waals surface area contributed by atoms with Gasteiger partial charge in [0.25, 0.3) is 10.2 Å². The van der Waals surface area contributed by atoms with Crippen LogP contribution in [-0.2, 0) is 10.2 Å². The molecule has 0 aromatic heterocycles. The summed E-state index contributed by atoms with van der Waals surface area (Å²) < 4.78 is 28.0. The van der Waals surface area contributed by atoms with E-state index in [9.17, 15) is 8.42 Å². The lowest BCUT2D eigenvalue weighted by molar-refractivity contribution is 0.205. The van der Waals surface area contributed by atoms with Crippen LogP contribution >= 0.6 is 0 Å². The van der Waals surface area contributed by atoms with E-state index in [0.717, 1.165) is 12.8 Å². The van der Waals surface area contributed by atoms with E-state index in [1.54, 1.807) is 0 Å². The summed E-state index contributed by atoms with van der Waals surface area (Å²) in [5.41, 5.74) is 5.41. The molecule has 0 amide bonds. The van der Waals surface area contributed by atoms with Gasteiger partial charge in [-0.25, -0.2) is 0 Å². The van der Waals surface area contributed by atoms with E-state index < -0.39 is 10.2 Å². The predicted octanol–water partition coefficient (Wildman–Crippen LogP) is -1.65. The number of amidine groups is 1. The zero-order valence-electron chi connectivity index (χ0n) is 10.1. The van der Waals surface area contributed by atoms with Crippen LogP contribution in [0.25, 0.3) is 0 Å². The summed E-state index contributed by atoms with van der Waals surface area (Å²) in [6.45, 7) is 2.39. The highest BCUT2D eigenvalue weighted by molar-refractivity contribution is 7.87. The lowest BCUT2D eigenvalue weighted by atomic mass is 10.3. The maximum Gasteiger partial charge on any atom is 0.279 e. The van der Waals surface area contributed by atoms with Crippen LogP contribution in [0.4, 0.5) is 0 Å². The second-order valence-electron chi connectivity index (χ2n) is 4.66. The molecule has 0 atom stereocenters. The molecule has 0 bridgehead atoms. The molecule has 1 saturated carbocycles. The van der Waals surface area contributed by atoms with Crippen molar-refractivity contribution in [2.45, 2.75) is 18.9 Å². The van der Waals surface area contributed by atoms with Gasteiger partial charge < -0.3 is 10.9 Å². The Bertz CT molecular complexity index is 412. The summed E-state index contributed by atoms with van der Waals surface area (Å²) in [6, 6.07) is 0.130. The molecule has 18 heavy (non-hydrogen) atoms. The van der Waals surface area contributed by atoms with Crippen LogP contribution in [0.5, 0.6) is 0 Å². The minimum atomic E-state index is -3.33. The normalized spacial score (nSPS) is 24.3. The third kappa shape index (κ3) is 3.55. The summed E-state index contributed by atoms with van der Waals surface area (Å²) in [6.07, 6.45) is 1.87. The van der Waals surface area contributed by atoms with Crippen LogP contribution in [0.15, 0.2) is 5.16 Å². The zero-order chi connectivity index (χ0) is 13.2. The number of hydrogen-bond acceptors (Lipinski definition) is 5. The molecule has 2 rings (SSSR count). The van der Waals surface area contributed by atoms with Crippen LogP contribution in [0.3, 0.4) is 0 Å². The summed E-state index contributed by atoms with van der Waals surface area (Å²) in [7, 11) is -3.33. The summed E-state index contributed by atoms with van der Waals surface area (Å²) in [5, 5.41) is 11.4. The highest BCUT2D eigenvalue weighted by Crippen LogP contribution is 2.21. The highest BCUT2D eigenvalue weighted by atomic mass is 32.2. The quantitative estimate of drug-likeness (QED) is 0.241. The van der Waals surface area contributed by atoms with Gasteiger partial charge in [-0.05, 0) is 12.8 Å². The van der Waals surface area contributed by atoms with E-state index in [2.05, 4.69) is 9.88 Å². The minimum absolute atomic E-state index is 0.130. The predicted molar refractivity (Wildman–Crippen MR) is 66.5 cm³/mol. The van der Waals surface area contributed by atoms with Gasteiger partial charge in [0.05, 0.1) is 6.54 Å². The average Bonchev–Trinajstić information content (AvgIpc) is 3.13. The first-order valence-corrected chi connectivity index (χ1v) is 7.41. The molecular formula is C9H19N5O3S. The molecule has 2 aliphatic rings. The largest absolute Gasteiger partial charge is 0.409 e. The van der Waals surface area contributed by atoms with Crippen molar-refractivity contribution in [3.8, 4) is 0 Å². The van der Waals surface area contributed by atoms with E-state index in [1.165, 1.54) is 4.31 Å². The smallest absolute Gasteiger partial charge is 0.279 e. The Labute approximate surface area is 107 Å². The van der Waals surface area contributed by atoms with Gasteiger partial charge in [0.15, 0.2) is 5.84 Å². The Morgan fingerprint density at radius 1 is 1.33 bits per heavy atom. The first-order valence-electron chi connectivity index (χ1n) is 5.97. The fourth-order valence-electron chi connectivity index (χ4n) is 1.88. The topological polar surface area (TPSA) is 111 Å². The second kappa shape index (κ2) is 5.39. The van der Waals surface area contributed by atoms with Gasteiger partial charge in [0.1, 0.15) is 0 Å². The molecule has 8 nitrogen and oxygen atoms in total. The van der Waals surface area contributed by atoms with Crippen LogP contribution in [0.2, 0.25) is 0 Å². The average molecular weight is 277 g/mol. The first kappa shape index (κ1) is 13.5. The second-order valence-corrected chi connectivity index (χ2v) is 6.37. The van der Waals surface area contributed by atoms with Crippen molar-refractivity contribution in [3.63, 3.8) is 0 Å². The monoisotopic (exact) mass is 277 g/mol. The number of nitrogens with zero attached hydrogens (tertiary/aromatic N) is 3. The van der Waals surface area contributed by atoms with Gasteiger partial charge >= 0.3 is 0 Å². The van der Waals surface area contributed by atoms with E-state index >= 15 is 0 Å². The lowest BCUT2D eigenvalue weighted by Gasteiger charge is -2.33. The van der Waals surface area contributed by atoms with Gasteiger partial charge in [-0.3, -0.25) is 4.90 Å². The Morgan fingerprint density at radius 2 is 1.94 bits per heavy atom. The third-order valence-electron chi connectivity index (χ3n) is 3.08. The zero-order valence-corrected chi connectivity index (χ0v) is 10.9. The maximum absolute atomic E-state index is 11.9. The molecular weight excluding hydrogens is 258 g/mol. The maximum atomic E-state index is 11.9. The summed E-state index contributed by atoms with van der Waals surface area (Å²) in [5.74, 6) is 0.141. The Hall–Kier alpha value is -0.900. The molecule has 1 aliphatic carbocycles. The van der Waals surface area contributed by atoms with Gasteiger partial charge in [0.2, 0.25) is 0 Å². The van der Waals surface area contributed by atoms with Gasteiger partial charge in [0, 0.05) is 32.2 Å². The molecule has 0 radical (unpaired) electrons. The minimum Gasteiger partial charge on any atom is -0.409 e. The van der Waals surface area contributed by atoms with Gasteiger partial charge in [-0.15, -0.1) is 0 Å². The van der Waals surface area contributed by atoms with Crippen LogP contribution in [0.1, 0.15) is 12.8 Å². The molecule has 9 heteroatoms. The van der Waals surface area contributed by atoms with Crippen molar-refractivity contribution in [3.05, 3.63) is 0 Å².